The van der Waals surface area contributed by atoms with Crippen molar-refractivity contribution in [3.63, 3.8) is 0 Å². The van der Waals surface area contributed by atoms with Crippen molar-refractivity contribution >= 4 is 29.3 Å². The monoisotopic (exact) mass is 381 g/mol. The van der Waals surface area contributed by atoms with Gasteiger partial charge in [0, 0.05) is 12.7 Å². The van der Waals surface area contributed by atoms with Gasteiger partial charge in [0.2, 0.25) is 5.91 Å². The molecule has 0 spiro atoms. The molecule has 0 saturated carbocycles. The van der Waals surface area contributed by atoms with E-state index in [-0.39, 0.29) is 17.3 Å². The Morgan fingerprint density at radius 2 is 1.89 bits per heavy atom. The lowest BCUT2D eigenvalue weighted by molar-refractivity contribution is -0.117. The first-order valence-electron chi connectivity index (χ1n) is 8.21. The lowest BCUT2D eigenvalue weighted by atomic mass is 10.1. The van der Waals surface area contributed by atoms with E-state index in [0.29, 0.717) is 17.1 Å². The Balaban J connectivity index is 2.02. The molecule has 2 amide bonds. The van der Waals surface area contributed by atoms with Gasteiger partial charge in [0.25, 0.3) is 5.91 Å². The molecule has 1 aliphatic rings. The number of rotatable bonds is 4. The predicted octanol–water partition coefficient (Wildman–Crippen LogP) is 3.00. The summed E-state index contributed by atoms with van der Waals surface area (Å²) in [5.41, 5.74) is 1.28. The largest absolute Gasteiger partial charge is 0.354 e. The number of nitrogens with zero attached hydrogens (tertiary/aromatic N) is 2. The molecule has 136 valence electrons. The average molecular weight is 381 g/mol. The SMILES string of the molecule is CNC(=O)C(C#N)=C1SC(Cc2ccc(F)cc2)C(=O)N1c1ccccc1. The molecular formula is C20H16FN3O2S. The van der Waals surface area contributed by atoms with Crippen molar-refractivity contribution in [1.82, 2.24) is 5.32 Å². The minimum Gasteiger partial charge on any atom is -0.354 e. The molecule has 27 heavy (non-hydrogen) atoms. The van der Waals surface area contributed by atoms with Crippen LogP contribution in [-0.4, -0.2) is 24.1 Å². The molecule has 1 atom stereocenters. The van der Waals surface area contributed by atoms with E-state index in [4.69, 9.17) is 0 Å². The normalized spacial score (nSPS) is 18.2. The van der Waals surface area contributed by atoms with Gasteiger partial charge in [-0.1, -0.05) is 42.1 Å². The van der Waals surface area contributed by atoms with Gasteiger partial charge in [-0.2, -0.15) is 5.26 Å². The number of halogens is 1. The number of likely N-dealkylation sites (N-methyl/N-ethyl adjacent to an activating group) is 1. The zero-order valence-electron chi connectivity index (χ0n) is 14.5. The van der Waals surface area contributed by atoms with Crippen molar-refractivity contribution in [2.24, 2.45) is 0 Å². The van der Waals surface area contributed by atoms with Crippen molar-refractivity contribution in [3.8, 4) is 6.07 Å². The van der Waals surface area contributed by atoms with E-state index in [1.54, 1.807) is 36.4 Å². The molecule has 2 aromatic rings. The lowest BCUT2D eigenvalue weighted by Crippen LogP contribution is -2.31. The van der Waals surface area contributed by atoms with Crippen LogP contribution in [0.25, 0.3) is 0 Å². The topological polar surface area (TPSA) is 73.2 Å². The van der Waals surface area contributed by atoms with Crippen LogP contribution in [0.3, 0.4) is 0 Å². The lowest BCUT2D eigenvalue weighted by Gasteiger charge is -2.18. The van der Waals surface area contributed by atoms with Crippen LogP contribution >= 0.6 is 11.8 Å². The van der Waals surface area contributed by atoms with Gasteiger partial charge in [-0.25, -0.2) is 4.39 Å². The number of benzene rings is 2. The van der Waals surface area contributed by atoms with Crippen LogP contribution in [0.1, 0.15) is 5.56 Å². The molecule has 0 bridgehead atoms. The molecule has 0 aliphatic carbocycles. The summed E-state index contributed by atoms with van der Waals surface area (Å²) in [6, 6.07) is 16.7. The third-order valence-corrected chi connectivity index (χ3v) is 5.34. The first-order valence-corrected chi connectivity index (χ1v) is 9.09. The maximum absolute atomic E-state index is 13.1. The van der Waals surface area contributed by atoms with Crippen molar-refractivity contribution in [2.45, 2.75) is 11.7 Å². The number of nitriles is 1. The second kappa shape index (κ2) is 8.06. The van der Waals surface area contributed by atoms with Crippen LogP contribution in [0, 0.1) is 17.1 Å². The maximum atomic E-state index is 13.1. The molecule has 7 heteroatoms. The fourth-order valence-electron chi connectivity index (χ4n) is 2.76. The van der Waals surface area contributed by atoms with Crippen LogP contribution in [-0.2, 0) is 16.0 Å². The average Bonchev–Trinajstić information content (AvgIpc) is 3.00. The zero-order valence-corrected chi connectivity index (χ0v) is 15.3. The first kappa shape index (κ1) is 18.7. The Morgan fingerprint density at radius 3 is 2.48 bits per heavy atom. The van der Waals surface area contributed by atoms with Gasteiger partial charge in [0.1, 0.15) is 22.5 Å². The van der Waals surface area contributed by atoms with Crippen LogP contribution in [0.4, 0.5) is 10.1 Å². The van der Waals surface area contributed by atoms with Crippen LogP contribution in [0.2, 0.25) is 0 Å². The smallest absolute Gasteiger partial charge is 0.264 e. The van der Waals surface area contributed by atoms with E-state index < -0.39 is 11.2 Å². The molecule has 0 aromatic heterocycles. The number of hydrogen-bond acceptors (Lipinski definition) is 4. The number of thioether (sulfide) groups is 1. The summed E-state index contributed by atoms with van der Waals surface area (Å²) < 4.78 is 13.1. The molecule has 1 heterocycles. The molecule has 1 fully saturated rings. The van der Waals surface area contributed by atoms with Crippen LogP contribution in [0.15, 0.2) is 65.2 Å². The molecule has 1 unspecified atom stereocenters. The molecule has 0 radical (unpaired) electrons. The third-order valence-electron chi connectivity index (χ3n) is 4.08. The fraction of sp³-hybridized carbons (Fsp3) is 0.150. The summed E-state index contributed by atoms with van der Waals surface area (Å²) in [6.07, 6.45) is 0.364. The van der Waals surface area contributed by atoms with E-state index in [2.05, 4.69) is 5.32 Å². The highest BCUT2D eigenvalue weighted by atomic mass is 32.2. The minimum atomic E-state index is -0.545. The minimum absolute atomic E-state index is 0.110. The Bertz CT molecular complexity index is 936. The van der Waals surface area contributed by atoms with Gasteiger partial charge in [0.05, 0.1) is 5.25 Å². The third kappa shape index (κ3) is 3.86. The molecule has 3 rings (SSSR count). The van der Waals surface area contributed by atoms with Crippen LogP contribution in [0.5, 0.6) is 0 Å². The number of para-hydroxylation sites is 1. The summed E-state index contributed by atoms with van der Waals surface area (Å²) in [4.78, 5) is 26.6. The van der Waals surface area contributed by atoms with E-state index in [1.165, 1.54) is 35.8 Å². The van der Waals surface area contributed by atoms with E-state index in [0.717, 1.165) is 5.56 Å². The number of nitrogens with one attached hydrogen (secondary N) is 1. The van der Waals surface area contributed by atoms with Crippen molar-refractivity contribution in [3.05, 3.63) is 76.6 Å². The molecule has 1 aliphatic heterocycles. The second-order valence-electron chi connectivity index (χ2n) is 5.82. The predicted molar refractivity (Wildman–Crippen MR) is 102 cm³/mol. The highest BCUT2D eigenvalue weighted by Gasteiger charge is 2.40. The molecule has 1 saturated heterocycles. The summed E-state index contributed by atoms with van der Waals surface area (Å²) in [5, 5.41) is 11.7. The zero-order chi connectivity index (χ0) is 19.4. The number of carbonyl (C=O) groups is 2. The Labute approximate surface area is 160 Å². The number of amides is 2. The highest BCUT2D eigenvalue weighted by Crippen LogP contribution is 2.41. The van der Waals surface area contributed by atoms with Crippen molar-refractivity contribution in [2.75, 3.05) is 11.9 Å². The Hall–Kier alpha value is -3.11. The summed E-state index contributed by atoms with van der Waals surface area (Å²) >= 11 is 1.18. The van der Waals surface area contributed by atoms with E-state index in [9.17, 15) is 19.2 Å². The Morgan fingerprint density at radius 1 is 1.22 bits per heavy atom. The number of anilines is 1. The van der Waals surface area contributed by atoms with Gasteiger partial charge in [-0.05, 0) is 36.2 Å². The highest BCUT2D eigenvalue weighted by molar-refractivity contribution is 8.05. The number of carbonyl (C=O) groups excluding carboxylic acids is 2. The first-order chi connectivity index (χ1) is 13.0. The standard InChI is InChI=1S/C20H16FN3O2S/c1-23-18(25)16(12-22)20-24(15-5-3-2-4-6-15)19(26)17(27-20)11-13-7-9-14(21)10-8-13/h2-10,17H,11H2,1H3,(H,23,25). The van der Waals surface area contributed by atoms with Gasteiger partial charge in [-0.15, -0.1) is 0 Å². The van der Waals surface area contributed by atoms with Crippen molar-refractivity contribution < 1.29 is 14.0 Å². The van der Waals surface area contributed by atoms with Crippen LogP contribution < -0.4 is 10.2 Å². The number of hydrogen-bond donors (Lipinski definition) is 1. The Kier molecular flexibility index (Phi) is 5.57. The molecule has 5 nitrogen and oxygen atoms in total. The second-order valence-corrected chi connectivity index (χ2v) is 7.01. The molecular weight excluding hydrogens is 365 g/mol. The van der Waals surface area contributed by atoms with E-state index in [1.807, 2.05) is 12.1 Å². The molecule has 2 aromatic carbocycles. The quantitative estimate of drug-likeness (QED) is 0.653. The summed E-state index contributed by atoms with van der Waals surface area (Å²) in [7, 11) is 1.44. The molecule has 1 N–H and O–H groups in total. The van der Waals surface area contributed by atoms with Crippen molar-refractivity contribution in [1.29, 1.82) is 5.26 Å². The summed E-state index contributed by atoms with van der Waals surface area (Å²) in [6.45, 7) is 0. The van der Waals surface area contributed by atoms with E-state index >= 15 is 0 Å². The summed E-state index contributed by atoms with van der Waals surface area (Å²) in [5.74, 6) is -1.11. The maximum Gasteiger partial charge on any atom is 0.264 e. The van der Waals surface area contributed by atoms with Gasteiger partial charge in [0.15, 0.2) is 0 Å². The van der Waals surface area contributed by atoms with Gasteiger partial charge in [-0.3, -0.25) is 14.5 Å². The van der Waals surface area contributed by atoms with Gasteiger partial charge >= 0.3 is 0 Å². The fourth-order valence-corrected chi connectivity index (χ4v) is 4.07. The van der Waals surface area contributed by atoms with Gasteiger partial charge < -0.3 is 5.32 Å².